The van der Waals surface area contributed by atoms with Gasteiger partial charge in [-0.15, -0.1) is 11.3 Å². The molecule has 1 nitrogen and oxygen atoms in total. The van der Waals surface area contributed by atoms with Crippen molar-refractivity contribution in [3.05, 3.63) is 54.1 Å². The Morgan fingerprint density at radius 2 is 2.06 bits per heavy atom. The largest absolute Gasteiger partial charge is 0.306 e. The number of benzene rings is 1. The first-order valence-corrected chi connectivity index (χ1v) is 8.34. The molecule has 1 aromatic heterocycles. The van der Waals surface area contributed by atoms with Gasteiger partial charge in [-0.05, 0) is 56.1 Å². The van der Waals surface area contributed by atoms with Crippen molar-refractivity contribution >= 4 is 54.8 Å². The average molecular weight is 410 g/mol. The molecular formula is C13H12Br2ClNS. The van der Waals surface area contributed by atoms with Crippen LogP contribution in [0.3, 0.4) is 0 Å². The summed E-state index contributed by atoms with van der Waals surface area (Å²) >= 11 is 15.1. The van der Waals surface area contributed by atoms with E-state index in [2.05, 4.69) is 56.2 Å². The molecule has 0 amide bonds. The molecule has 0 saturated carbocycles. The van der Waals surface area contributed by atoms with Crippen LogP contribution in [0.4, 0.5) is 0 Å². The van der Waals surface area contributed by atoms with Crippen LogP contribution in [-0.2, 0) is 0 Å². The summed E-state index contributed by atoms with van der Waals surface area (Å²) < 4.78 is 2.19. The molecule has 1 aromatic carbocycles. The first-order valence-electron chi connectivity index (χ1n) is 5.56. The van der Waals surface area contributed by atoms with Crippen molar-refractivity contribution in [2.24, 2.45) is 0 Å². The lowest BCUT2D eigenvalue weighted by atomic mass is 10.1. The van der Waals surface area contributed by atoms with Gasteiger partial charge in [0.1, 0.15) is 0 Å². The van der Waals surface area contributed by atoms with Crippen LogP contribution in [0.5, 0.6) is 0 Å². The maximum absolute atomic E-state index is 6.29. The first-order chi connectivity index (χ1) is 8.63. The molecule has 1 heterocycles. The Bertz CT molecular complexity index is 522. The van der Waals surface area contributed by atoms with Gasteiger partial charge in [0.05, 0.1) is 9.83 Å². The standard InChI is InChI=1S/C13H12Br2ClNS/c1-2-17-12(8-5-3-4-6-10(8)16)11-7-9(14)13(15)18-11/h3-7,12,17H,2H2,1H3. The summed E-state index contributed by atoms with van der Waals surface area (Å²) in [6.45, 7) is 2.99. The molecule has 18 heavy (non-hydrogen) atoms. The summed E-state index contributed by atoms with van der Waals surface area (Å²) in [5.74, 6) is 0. The third kappa shape index (κ3) is 3.17. The van der Waals surface area contributed by atoms with E-state index >= 15 is 0 Å². The maximum Gasteiger partial charge on any atom is 0.0843 e. The molecule has 1 N–H and O–H groups in total. The zero-order chi connectivity index (χ0) is 13.1. The van der Waals surface area contributed by atoms with Gasteiger partial charge in [-0.25, -0.2) is 0 Å². The lowest BCUT2D eigenvalue weighted by Crippen LogP contribution is -2.21. The highest BCUT2D eigenvalue weighted by Crippen LogP contribution is 2.38. The van der Waals surface area contributed by atoms with Gasteiger partial charge in [-0.3, -0.25) is 0 Å². The highest BCUT2D eigenvalue weighted by atomic mass is 79.9. The minimum Gasteiger partial charge on any atom is -0.306 e. The van der Waals surface area contributed by atoms with Gasteiger partial charge in [-0.1, -0.05) is 36.7 Å². The molecule has 2 aromatic rings. The van der Waals surface area contributed by atoms with E-state index in [9.17, 15) is 0 Å². The predicted molar refractivity (Wildman–Crippen MR) is 86.7 cm³/mol. The summed E-state index contributed by atoms with van der Waals surface area (Å²) in [7, 11) is 0. The molecule has 0 radical (unpaired) electrons. The van der Waals surface area contributed by atoms with E-state index in [0.717, 1.165) is 25.4 Å². The molecule has 5 heteroatoms. The van der Waals surface area contributed by atoms with E-state index in [-0.39, 0.29) is 6.04 Å². The molecule has 1 atom stereocenters. The Labute approximate surface area is 133 Å². The summed E-state index contributed by atoms with van der Waals surface area (Å²) in [5.41, 5.74) is 1.11. The fraction of sp³-hybridized carbons (Fsp3) is 0.231. The Balaban J connectivity index is 2.43. The van der Waals surface area contributed by atoms with Crippen LogP contribution in [0.25, 0.3) is 0 Å². The molecule has 0 aliphatic heterocycles. The summed E-state index contributed by atoms with van der Waals surface area (Å²) in [6.07, 6.45) is 0. The zero-order valence-corrected chi connectivity index (χ0v) is 14.5. The van der Waals surface area contributed by atoms with E-state index in [0.29, 0.717) is 0 Å². The molecule has 0 bridgehead atoms. The second kappa shape index (κ2) is 6.53. The fourth-order valence-electron chi connectivity index (χ4n) is 1.78. The Kier molecular flexibility index (Phi) is 5.27. The molecule has 0 aliphatic rings. The molecule has 0 fully saturated rings. The third-order valence-electron chi connectivity index (χ3n) is 2.57. The molecule has 96 valence electrons. The lowest BCUT2D eigenvalue weighted by molar-refractivity contribution is 0.640. The van der Waals surface area contributed by atoms with Gasteiger partial charge in [0.2, 0.25) is 0 Å². The molecule has 2 rings (SSSR count). The highest BCUT2D eigenvalue weighted by molar-refractivity contribution is 9.13. The topological polar surface area (TPSA) is 12.0 Å². The van der Waals surface area contributed by atoms with Crippen LogP contribution in [-0.4, -0.2) is 6.54 Å². The normalized spacial score (nSPS) is 12.7. The molecule has 0 saturated heterocycles. The van der Waals surface area contributed by atoms with Crippen LogP contribution in [0, 0.1) is 0 Å². The minimum absolute atomic E-state index is 0.135. The van der Waals surface area contributed by atoms with E-state index in [1.807, 2.05) is 18.2 Å². The van der Waals surface area contributed by atoms with Crippen LogP contribution < -0.4 is 5.32 Å². The number of rotatable bonds is 4. The summed E-state index contributed by atoms with van der Waals surface area (Å²) in [5, 5.41) is 4.28. The molecule has 1 unspecified atom stereocenters. The minimum atomic E-state index is 0.135. The van der Waals surface area contributed by atoms with E-state index in [1.165, 1.54) is 4.88 Å². The summed E-state index contributed by atoms with van der Waals surface area (Å²) in [6, 6.07) is 10.2. The Morgan fingerprint density at radius 1 is 1.33 bits per heavy atom. The van der Waals surface area contributed by atoms with E-state index < -0.39 is 0 Å². The van der Waals surface area contributed by atoms with Gasteiger partial charge < -0.3 is 5.32 Å². The van der Waals surface area contributed by atoms with Gasteiger partial charge in [0.25, 0.3) is 0 Å². The monoisotopic (exact) mass is 407 g/mol. The van der Waals surface area contributed by atoms with Crippen molar-refractivity contribution in [1.29, 1.82) is 0 Å². The Hall–Kier alpha value is 0.130. The van der Waals surface area contributed by atoms with Crippen LogP contribution in [0.2, 0.25) is 5.02 Å². The quantitative estimate of drug-likeness (QED) is 0.690. The first kappa shape index (κ1) is 14.5. The number of hydrogen-bond acceptors (Lipinski definition) is 2. The smallest absolute Gasteiger partial charge is 0.0843 e. The fourth-order valence-corrected chi connectivity index (χ4v) is 4.21. The SMILES string of the molecule is CCNC(c1cc(Br)c(Br)s1)c1ccccc1Cl. The second-order valence-corrected chi connectivity index (χ2v) is 7.45. The molecular weight excluding hydrogens is 397 g/mol. The van der Waals surface area contributed by atoms with Crippen molar-refractivity contribution in [3.8, 4) is 0 Å². The van der Waals surface area contributed by atoms with Gasteiger partial charge in [0.15, 0.2) is 0 Å². The third-order valence-corrected chi connectivity index (χ3v) is 6.24. The van der Waals surface area contributed by atoms with Crippen molar-refractivity contribution in [2.45, 2.75) is 13.0 Å². The van der Waals surface area contributed by atoms with Gasteiger partial charge in [0, 0.05) is 14.4 Å². The number of thiophene rings is 1. The van der Waals surface area contributed by atoms with Crippen LogP contribution in [0.15, 0.2) is 38.6 Å². The highest BCUT2D eigenvalue weighted by Gasteiger charge is 2.18. The van der Waals surface area contributed by atoms with E-state index in [4.69, 9.17) is 11.6 Å². The van der Waals surface area contributed by atoms with E-state index in [1.54, 1.807) is 11.3 Å². The Morgan fingerprint density at radius 3 is 2.61 bits per heavy atom. The summed E-state index contributed by atoms with van der Waals surface area (Å²) in [4.78, 5) is 1.24. The number of nitrogens with one attached hydrogen (secondary N) is 1. The number of hydrogen-bond donors (Lipinski definition) is 1. The molecule has 0 spiro atoms. The maximum atomic E-state index is 6.29. The predicted octanol–water partition coefficient (Wildman–Crippen LogP) is 5.63. The van der Waals surface area contributed by atoms with Crippen LogP contribution in [0.1, 0.15) is 23.4 Å². The van der Waals surface area contributed by atoms with Crippen molar-refractivity contribution < 1.29 is 0 Å². The zero-order valence-electron chi connectivity index (χ0n) is 9.71. The second-order valence-electron chi connectivity index (χ2n) is 3.78. The van der Waals surface area contributed by atoms with Crippen molar-refractivity contribution in [1.82, 2.24) is 5.32 Å². The van der Waals surface area contributed by atoms with Gasteiger partial charge >= 0.3 is 0 Å². The lowest BCUT2D eigenvalue weighted by Gasteiger charge is -2.18. The van der Waals surface area contributed by atoms with Crippen molar-refractivity contribution in [2.75, 3.05) is 6.54 Å². The average Bonchev–Trinajstić information content (AvgIpc) is 2.68. The van der Waals surface area contributed by atoms with Gasteiger partial charge in [-0.2, -0.15) is 0 Å². The molecule has 0 aliphatic carbocycles. The number of halogens is 3. The van der Waals surface area contributed by atoms with Crippen molar-refractivity contribution in [3.63, 3.8) is 0 Å². The van der Waals surface area contributed by atoms with Crippen LogP contribution >= 0.6 is 54.8 Å².